The molecule has 0 aliphatic carbocycles. The highest BCUT2D eigenvalue weighted by molar-refractivity contribution is 4.55. The lowest BCUT2D eigenvalue weighted by molar-refractivity contribution is 0.0872. The van der Waals surface area contributed by atoms with Crippen molar-refractivity contribution in [2.45, 2.75) is 33.6 Å². The molecule has 0 aromatic rings. The van der Waals surface area contributed by atoms with Crippen molar-refractivity contribution in [1.29, 1.82) is 0 Å². The first-order chi connectivity index (χ1) is 6.18. The lowest BCUT2D eigenvalue weighted by Gasteiger charge is -2.15. The van der Waals surface area contributed by atoms with Crippen LogP contribution in [0.25, 0.3) is 0 Å². The van der Waals surface area contributed by atoms with E-state index in [9.17, 15) is 0 Å². The maximum Gasteiger partial charge on any atom is 0.0494 e. The van der Waals surface area contributed by atoms with Crippen LogP contribution in [0.3, 0.4) is 0 Å². The van der Waals surface area contributed by atoms with Gasteiger partial charge < -0.3 is 10.1 Å². The van der Waals surface area contributed by atoms with E-state index in [0.29, 0.717) is 5.92 Å². The van der Waals surface area contributed by atoms with Gasteiger partial charge in [0.1, 0.15) is 0 Å². The molecule has 0 fully saturated rings. The van der Waals surface area contributed by atoms with Crippen LogP contribution in [-0.2, 0) is 4.74 Å². The summed E-state index contributed by atoms with van der Waals surface area (Å²) in [5.74, 6) is 1.42. The SMILES string of the molecule is CNCCCCOCC(C)C(C)C. The summed E-state index contributed by atoms with van der Waals surface area (Å²) in [5.41, 5.74) is 0. The second kappa shape index (κ2) is 8.52. The summed E-state index contributed by atoms with van der Waals surface area (Å²) < 4.78 is 5.58. The van der Waals surface area contributed by atoms with Gasteiger partial charge in [0, 0.05) is 13.2 Å². The largest absolute Gasteiger partial charge is 0.381 e. The Labute approximate surface area is 83.1 Å². The highest BCUT2D eigenvalue weighted by Gasteiger charge is 2.05. The molecule has 2 nitrogen and oxygen atoms in total. The lowest BCUT2D eigenvalue weighted by Crippen LogP contribution is -2.13. The number of hydrogen-bond acceptors (Lipinski definition) is 2. The van der Waals surface area contributed by atoms with Crippen molar-refractivity contribution in [3.8, 4) is 0 Å². The van der Waals surface area contributed by atoms with Crippen LogP contribution in [-0.4, -0.2) is 26.8 Å². The minimum Gasteiger partial charge on any atom is -0.381 e. The molecule has 0 radical (unpaired) electrons. The van der Waals surface area contributed by atoms with E-state index in [1.165, 1.54) is 12.8 Å². The summed E-state index contributed by atoms with van der Waals surface area (Å²) in [6.45, 7) is 9.67. The molecule has 0 bridgehead atoms. The van der Waals surface area contributed by atoms with Crippen LogP contribution in [0.5, 0.6) is 0 Å². The zero-order valence-corrected chi connectivity index (χ0v) is 9.60. The molecule has 0 saturated heterocycles. The van der Waals surface area contributed by atoms with E-state index in [2.05, 4.69) is 26.1 Å². The van der Waals surface area contributed by atoms with Crippen molar-refractivity contribution >= 4 is 0 Å². The second-order valence-electron chi connectivity index (χ2n) is 4.11. The Morgan fingerprint density at radius 2 is 1.85 bits per heavy atom. The fourth-order valence-electron chi connectivity index (χ4n) is 0.968. The van der Waals surface area contributed by atoms with Crippen LogP contribution in [0.15, 0.2) is 0 Å². The van der Waals surface area contributed by atoms with Gasteiger partial charge in [0.15, 0.2) is 0 Å². The lowest BCUT2D eigenvalue weighted by atomic mass is 9.99. The highest BCUT2D eigenvalue weighted by Crippen LogP contribution is 2.09. The molecule has 0 aromatic carbocycles. The van der Waals surface area contributed by atoms with Crippen molar-refractivity contribution in [1.82, 2.24) is 5.32 Å². The Morgan fingerprint density at radius 3 is 2.38 bits per heavy atom. The predicted molar refractivity (Wildman–Crippen MR) is 58.0 cm³/mol. The summed E-state index contributed by atoms with van der Waals surface area (Å²) in [6, 6.07) is 0. The van der Waals surface area contributed by atoms with Gasteiger partial charge in [0.25, 0.3) is 0 Å². The molecule has 1 atom stereocenters. The maximum absolute atomic E-state index is 5.58. The molecule has 0 heterocycles. The standard InChI is InChI=1S/C11H25NO/c1-10(2)11(3)9-13-8-6-5-7-12-4/h10-12H,5-9H2,1-4H3. The van der Waals surface area contributed by atoms with Gasteiger partial charge in [0.2, 0.25) is 0 Å². The quantitative estimate of drug-likeness (QED) is 0.589. The number of unbranched alkanes of at least 4 members (excludes halogenated alkanes) is 1. The van der Waals surface area contributed by atoms with Gasteiger partial charge in [-0.25, -0.2) is 0 Å². The van der Waals surface area contributed by atoms with Gasteiger partial charge in [-0.3, -0.25) is 0 Å². The first-order valence-corrected chi connectivity index (χ1v) is 5.40. The van der Waals surface area contributed by atoms with Gasteiger partial charge in [-0.05, 0) is 38.3 Å². The molecule has 1 unspecified atom stereocenters. The van der Waals surface area contributed by atoms with Gasteiger partial charge in [-0.15, -0.1) is 0 Å². The zero-order chi connectivity index (χ0) is 10.1. The van der Waals surface area contributed by atoms with Crippen LogP contribution in [0.4, 0.5) is 0 Å². The molecule has 0 amide bonds. The third kappa shape index (κ3) is 8.26. The molecule has 13 heavy (non-hydrogen) atoms. The Kier molecular flexibility index (Phi) is 8.46. The van der Waals surface area contributed by atoms with E-state index in [4.69, 9.17) is 4.74 Å². The van der Waals surface area contributed by atoms with Crippen LogP contribution in [0.2, 0.25) is 0 Å². The van der Waals surface area contributed by atoms with Crippen molar-refractivity contribution in [3.63, 3.8) is 0 Å². The van der Waals surface area contributed by atoms with E-state index in [0.717, 1.165) is 25.7 Å². The van der Waals surface area contributed by atoms with Crippen LogP contribution < -0.4 is 5.32 Å². The molecule has 2 heteroatoms. The van der Waals surface area contributed by atoms with E-state index in [1.807, 2.05) is 7.05 Å². The molecule has 0 rings (SSSR count). The smallest absolute Gasteiger partial charge is 0.0494 e. The van der Waals surface area contributed by atoms with Crippen LogP contribution in [0.1, 0.15) is 33.6 Å². The molecular weight excluding hydrogens is 162 g/mol. The summed E-state index contributed by atoms with van der Waals surface area (Å²) in [5, 5.41) is 3.13. The molecule has 0 aromatic heterocycles. The van der Waals surface area contributed by atoms with Crippen LogP contribution >= 0.6 is 0 Å². The number of ether oxygens (including phenoxy) is 1. The average Bonchev–Trinajstić information content (AvgIpc) is 2.10. The van der Waals surface area contributed by atoms with E-state index in [1.54, 1.807) is 0 Å². The third-order valence-electron chi connectivity index (χ3n) is 2.48. The maximum atomic E-state index is 5.58. The average molecular weight is 187 g/mol. The zero-order valence-electron chi connectivity index (χ0n) is 9.60. The Balaban J connectivity index is 3.07. The molecule has 80 valence electrons. The summed E-state index contributed by atoms with van der Waals surface area (Å²) in [4.78, 5) is 0. The summed E-state index contributed by atoms with van der Waals surface area (Å²) >= 11 is 0. The monoisotopic (exact) mass is 187 g/mol. The number of hydrogen-bond donors (Lipinski definition) is 1. The van der Waals surface area contributed by atoms with Crippen molar-refractivity contribution in [2.24, 2.45) is 11.8 Å². The molecule has 0 saturated carbocycles. The van der Waals surface area contributed by atoms with E-state index in [-0.39, 0.29) is 0 Å². The first kappa shape index (κ1) is 12.9. The first-order valence-electron chi connectivity index (χ1n) is 5.40. The van der Waals surface area contributed by atoms with Crippen molar-refractivity contribution in [2.75, 3.05) is 26.8 Å². The van der Waals surface area contributed by atoms with Gasteiger partial charge in [-0.1, -0.05) is 20.8 Å². The molecule has 0 spiro atoms. The van der Waals surface area contributed by atoms with E-state index >= 15 is 0 Å². The van der Waals surface area contributed by atoms with Crippen molar-refractivity contribution in [3.05, 3.63) is 0 Å². The Bertz CT molecular complexity index is 104. The molecular formula is C11H25NO. The Morgan fingerprint density at radius 1 is 1.15 bits per heavy atom. The van der Waals surface area contributed by atoms with Gasteiger partial charge in [-0.2, -0.15) is 0 Å². The normalized spacial score (nSPS) is 13.6. The van der Waals surface area contributed by atoms with Gasteiger partial charge >= 0.3 is 0 Å². The second-order valence-corrected chi connectivity index (χ2v) is 4.11. The minimum absolute atomic E-state index is 0.685. The number of rotatable bonds is 8. The fraction of sp³-hybridized carbons (Fsp3) is 1.00. The van der Waals surface area contributed by atoms with E-state index < -0.39 is 0 Å². The molecule has 1 N–H and O–H groups in total. The third-order valence-corrected chi connectivity index (χ3v) is 2.48. The van der Waals surface area contributed by atoms with Crippen molar-refractivity contribution < 1.29 is 4.74 Å². The minimum atomic E-state index is 0.685. The fourth-order valence-corrected chi connectivity index (χ4v) is 0.968. The molecule has 0 aliphatic heterocycles. The highest BCUT2D eigenvalue weighted by atomic mass is 16.5. The topological polar surface area (TPSA) is 21.3 Å². The molecule has 0 aliphatic rings. The summed E-state index contributed by atoms with van der Waals surface area (Å²) in [6.07, 6.45) is 2.39. The Hall–Kier alpha value is -0.0800. The predicted octanol–water partition coefficient (Wildman–Crippen LogP) is 2.29. The van der Waals surface area contributed by atoms with Gasteiger partial charge in [0.05, 0.1) is 0 Å². The number of nitrogens with one attached hydrogen (secondary N) is 1. The van der Waals surface area contributed by atoms with Crippen LogP contribution in [0, 0.1) is 11.8 Å². The summed E-state index contributed by atoms with van der Waals surface area (Å²) in [7, 11) is 1.99.